The van der Waals surface area contributed by atoms with E-state index >= 15 is 0 Å². The minimum absolute atomic E-state index is 0.103. The number of ketones is 1. The molecule has 2 aromatic carbocycles. The van der Waals surface area contributed by atoms with Crippen LogP contribution in [0.5, 0.6) is 5.75 Å². The van der Waals surface area contributed by atoms with Crippen LogP contribution in [0.3, 0.4) is 0 Å². The third-order valence-corrected chi connectivity index (χ3v) is 7.26. The van der Waals surface area contributed by atoms with Crippen molar-refractivity contribution in [1.82, 2.24) is 4.98 Å². The number of halogens is 4. The van der Waals surface area contributed by atoms with Gasteiger partial charge in [-0.25, -0.2) is 4.39 Å². The lowest BCUT2D eigenvalue weighted by atomic mass is 9.64. The second-order valence-corrected chi connectivity index (χ2v) is 9.62. The molecule has 1 aromatic heterocycles. The summed E-state index contributed by atoms with van der Waals surface area (Å²) in [5, 5.41) is 9.73. The zero-order valence-electron chi connectivity index (χ0n) is 17.1. The van der Waals surface area contributed by atoms with Crippen LogP contribution < -0.4 is 4.18 Å². The monoisotopic (exact) mass is 494 g/mol. The number of benzene rings is 2. The van der Waals surface area contributed by atoms with Crippen molar-refractivity contribution in [2.75, 3.05) is 13.2 Å². The predicted molar refractivity (Wildman–Crippen MR) is 109 cm³/mol. The molecular weight excluding hydrogens is 480 g/mol. The van der Waals surface area contributed by atoms with E-state index in [0.29, 0.717) is 28.2 Å². The number of carbonyl (C=O) groups is 1. The Balaban J connectivity index is 1.77. The van der Waals surface area contributed by atoms with E-state index in [1.165, 1.54) is 6.07 Å². The molecule has 1 spiro atoms. The highest BCUT2D eigenvalue weighted by molar-refractivity contribution is 7.88. The lowest BCUT2D eigenvalue weighted by Crippen LogP contribution is -2.41. The third-order valence-electron chi connectivity index (χ3n) is 6.29. The molecule has 0 saturated carbocycles. The Labute approximate surface area is 190 Å². The van der Waals surface area contributed by atoms with Crippen molar-refractivity contribution >= 4 is 26.8 Å². The second-order valence-electron chi connectivity index (χ2n) is 8.08. The molecule has 1 fully saturated rings. The first-order chi connectivity index (χ1) is 16.0. The Bertz CT molecular complexity index is 1510. The summed E-state index contributed by atoms with van der Waals surface area (Å²) < 4.78 is 85.9. The van der Waals surface area contributed by atoms with Crippen molar-refractivity contribution in [3.8, 4) is 11.8 Å². The molecule has 34 heavy (non-hydrogen) atoms. The quantitative estimate of drug-likeness (QED) is 0.327. The van der Waals surface area contributed by atoms with Crippen LogP contribution in [-0.4, -0.2) is 37.9 Å². The Morgan fingerprint density at radius 2 is 1.85 bits per heavy atom. The van der Waals surface area contributed by atoms with Gasteiger partial charge < -0.3 is 13.9 Å². The summed E-state index contributed by atoms with van der Waals surface area (Å²) in [6, 6.07) is 8.27. The van der Waals surface area contributed by atoms with Gasteiger partial charge in [-0.1, -0.05) is 6.07 Å². The summed E-state index contributed by atoms with van der Waals surface area (Å²) in [5.41, 5.74) is -5.16. The SMILES string of the molecule is N#Cc1ccc2c3c([nH]c2c1)C1(CCOCC1)c1cc(OS(=O)(=O)C(F)(F)F)c(F)cc1C3=O. The van der Waals surface area contributed by atoms with Crippen LogP contribution in [0.2, 0.25) is 0 Å². The number of aromatic nitrogens is 1. The summed E-state index contributed by atoms with van der Waals surface area (Å²) in [6.07, 6.45) is 0.574. The molecule has 12 heteroatoms. The number of fused-ring (bicyclic) bond motifs is 6. The molecule has 2 aliphatic rings. The number of rotatable bonds is 2. The molecular formula is C22H14F4N2O5S. The zero-order chi connectivity index (χ0) is 24.5. The average molecular weight is 494 g/mol. The molecule has 0 amide bonds. The van der Waals surface area contributed by atoms with E-state index in [9.17, 15) is 36.0 Å². The molecule has 0 radical (unpaired) electrons. The molecule has 7 nitrogen and oxygen atoms in total. The van der Waals surface area contributed by atoms with Crippen LogP contribution in [0.4, 0.5) is 17.6 Å². The largest absolute Gasteiger partial charge is 0.534 e. The van der Waals surface area contributed by atoms with Crippen LogP contribution >= 0.6 is 0 Å². The van der Waals surface area contributed by atoms with E-state index < -0.39 is 38.4 Å². The number of hydrogen-bond donors (Lipinski definition) is 1. The molecule has 2 heterocycles. The van der Waals surface area contributed by atoms with Gasteiger partial charge in [-0.2, -0.15) is 26.9 Å². The second kappa shape index (κ2) is 7.28. The topological polar surface area (TPSA) is 109 Å². The van der Waals surface area contributed by atoms with E-state index in [0.717, 1.165) is 6.07 Å². The Kier molecular flexibility index (Phi) is 4.79. The third kappa shape index (κ3) is 3.11. The minimum Gasteiger partial charge on any atom is -0.381 e. The maximum atomic E-state index is 14.8. The van der Waals surface area contributed by atoms with Crippen LogP contribution in [0, 0.1) is 17.1 Å². The number of ether oxygens (including phenoxy) is 1. The van der Waals surface area contributed by atoms with Crippen molar-refractivity contribution in [3.63, 3.8) is 0 Å². The summed E-state index contributed by atoms with van der Waals surface area (Å²) in [4.78, 5) is 16.6. The number of nitrogens with one attached hydrogen (secondary N) is 1. The van der Waals surface area contributed by atoms with E-state index in [4.69, 9.17) is 4.74 Å². The lowest BCUT2D eigenvalue weighted by molar-refractivity contribution is -0.0501. The van der Waals surface area contributed by atoms with E-state index in [-0.39, 0.29) is 42.7 Å². The first kappa shape index (κ1) is 22.4. The summed E-state index contributed by atoms with van der Waals surface area (Å²) in [6.45, 7) is 0.473. The number of aromatic amines is 1. The van der Waals surface area contributed by atoms with E-state index in [1.54, 1.807) is 12.1 Å². The van der Waals surface area contributed by atoms with Gasteiger partial charge in [-0.15, -0.1) is 0 Å². The first-order valence-corrected chi connectivity index (χ1v) is 11.4. The number of nitrogens with zero attached hydrogens (tertiary/aromatic N) is 1. The van der Waals surface area contributed by atoms with Crippen LogP contribution in [0.15, 0.2) is 30.3 Å². The maximum Gasteiger partial charge on any atom is 0.534 e. The molecule has 0 unspecified atom stereocenters. The maximum absolute atomic E-state index is 14.8. The summed E-state index contributed by atoms with van der Waals surface area (Å²) in [7, 11) is -6.13. The fourth-order valence-electron chi connectivity index (χ4n) is 4.74. The Hall–Kier alpha value is -3.43. The molecule has 5 rings (SSSR count). The Morgan fingerprint density at radius 1 is 1.15 bits per heavy atom. The summed E-state index contributed by atoms with van der Waals surface area (Å²) >= 11 is 0. The molecule has 1 aliphatic heterocycles. The van der Waals surface area contributed by atoms with Crippen molar-refractivity contribution in [3.05, 3.63) is 64.1 Å². The highest BCUT2D eigenvalue weighted by Crippen LogP contribution is 2.50. The highest BCUT2D eigenvalue weighted by atomic mass is 32.2. The van der Waals surface area contributed by atoms with E-state index in [1.807, 2.05) is 6.07 Å². The molecule has 176 valence electrons. The molecule has 1 saturated heterocycles. The number of carbonyl (C=O) groups excluding carboxylic acids is 1. The highest BCUT2D eigenvalue weighted by Gasteiger charge is 2.50. The summed E-state index contributed by atoms with van der Waals surface area (Å²) in [5.74, 6) is -3.15. The first-order valence-electron chi connectivity index (χ1n) is 10.0. The standard InChI is InChI=1S/C22H14F4N2O5S/c23-15-8-13-14(9-17(15)33-34(30,31)22(24,25)26)21(3-5-32-6-4-21)20-18(19(13)29)12-2-1-11(10-27)7-16(12)28-20/h1-2,7-9,28H,3-6H2. The van der Waals surface area contributed by atoms with Gasteiger partial charge in [0.2, 0.25) is 0 Å². The molecule has 1 N–H and O–H groups in total. The fraction of sp³-hybridized carbons (Fsp3) is 0.273. The predicted octanol–water partition coefficient (Wildman–Crippen LogP) is 4.05. The van der Waals surface area contributed by atoms with Crippen molar-refractivity contribution < 1.29 is 39.7 Å². The number of alkyl halides is 3. The Morgan fingerprint density at radius 3 is 2.50 bits per heavy atom. The smallest absolute Gasteiger partial charge is 0.381 e. The fourth-order valence-corrected chi connectivity index (χ4v) is 5.20. The van der Waals surface area contributed by atoms with Crippen molar-refractivity contribution in [2.24, 2.45) is 0 Å². The lowest BCUT2D eigenvalue weighted by Gasteiger charge is -2.41. The van der Waals surface area contributed by atoms with Crippen LogP contribution in [0.1, 0.15) is 45.6 Å². The van der Waals surface area contributed by atoms with Gasteiger partial charge in [0.15, 0.2) is 17.3 Å². The van der Waals surface area contributed by atoms with Gasteiger partial charge in [0.25, 0.3) is 0 Å². The average Bonchev–Trinajstić information content (AvgIpc) is 3.18. The molecule has 1 aliphatic carbocycles. The van der Waals surface area contributed by atoms with Crippen LogP contribution in [0.25, 0.3) is 10.9 Å². The van der Waals surface area contributed by atoms with Gasteiger partial charge >= 0.3 is 15.6 Å². The van der Waals surface area contributed by atoms with Gasteiger partial charge in [0, 0.05) is 40.8 Å². The molecule has 0 bridgehead atoms. The molecule has 0 atom stereocenters. The minimum atomic E-state index is -6.13. The van der Waals surface area contributed by atoms with Gasteiger partial charge in [-0.3, -0.25) is 4.79 Å². The van der Waals surface area contributed by atoms with E-state index in [2.05, 4.69) is 9.17 Å². The number of hydrogen-bond acceptors (Lipinski definition) is 6. The van der Waals surface area contributed by atoms with Crippen molar-refractivity contribution in [2.45, 2.75) is 23.8 Å². The van der Waals surface area contributed by atoms with Crippen molar-refractivity contribution in [1.29, 1.82) is 5.26 Å². The van der Waals surface area contributed by atoms with Crippen LogP contribution in [-0.2, 0) is 20.3 Å². The zero-order valence-corrected chi connectivity index (χ0v) is 17.9. The van der Waals surface area contributed by atoms with Gasteiger partial charge in [0.1, 0.15) is 0 Å². The molecule has 3 aromatic rings. The number of H-pyrrole nitrogens is 1. The normalized spacial score (nSPS) is 17.3. The van der Waals surface area contributed by atoms with Gasteiger partial charge in [0.05, 0.1) is 17.2 Å². The number of nitriles is 1. The van der Waals surface area contributed by atoms with Gasteiger partial charge in [-0.05, 0) is 42.7 Å².